The van der Waals surface area contributed by atoms with E-state index in [0.29, 0.717) is 19.8 Å². The summed E-state index contributed by atoms with van der Waals surface area (Å²) < 4.78 is 5.08. The van der Waals surface area contributed by atoms with E-state index in [-0.39, 0.29) is 18.4 Å². The molecule has 0 aliphatic heterocycles. The number of aliphatic hydroxyl groups is 1. The van der Waals surface area contributed by atoms with Crippen LogP contribution in [-0.2, 0) is 9.53 Å². The molecule has 0 atom stereocenters. The number of amides is 1. The molecule has 16 heavy (non-hydrogen) atoms. The minimum atomic E-state index is 0.0383. The van der Waals surface area contributed by atoms with Gasteiger partial charge in [0.1, 0.15) is 0 Å². The molecule has 2 N–H and O–H groups in total. The Balaban J connectivity index is 2.08. The summed E-state index contributed by atoms with van der Waals surface area (Å²) in [7, 11) is 0. The largest absolute Gasteiger partial charge is 0.394 e. The van der Waals surface area contributed by atoms with Crippen LogP contribution in [0.3, 0.4) is 0 Å². The Morgan fingerprint density at radius 2 is 1.88 bits per heavy atom. The molecule has 94 valence electrons. The molecule has 1 amide bonds. The first kappa shape index (κ1) is 13.5. The van der Waals surface area contributed by atoms with Gasteiger partial charge in [-0.05, 0) is 12.8 Å². The van der Waals surface area contributed by atoms with Crippen LogP contribution >= 0.6 is 0 Å². The fraction of sp³-hybridized carbons (Fsp3) is 0.917. The topological polar surface area (TPSA) is 58.6 Å². The molecule has 0 aromatic carbocycles. The maximum Gasteiger partial charge on any atom is 0.223 e. The first-order valence-corrected chi connectivity index (χ1v) is 6.31. The summed E-state index contributed by atoms with van der Waals surface area (Å²) in [4.78, 5) is 11.8. The van der Waals surface area contributed by atoms with Crippen LogP contribution in [0, 0.1) is 5.92 Å². The molecule has 0 aromatic heterocycles. The lowest BCUT2D eigenvalue weighted by Crippen LogP contribution is -2.33. The number of hydrogen-bond acceptors (Lipinski definition) is 3. The molecule has 0 radical (unpaired) electrons. The predicted molar refractivity (Wildman–Crippen MR) is 62.1 cm³/mol. The average Bonchev–Trinajstić information content (AvgIpc) is 2.57. The van der Waals surface area contributed by atoms with Gasteiger partial charge in [0.2, 0.25) is 5.91 Å². The Morgan fingerprint density at radius 3 is 2.50 bits per heavy atom. The van der Waals surface area contributed by atoms with Crippen molar-refractivity contribution in [2.45, 2.75) is 38.5 Å². The second kappa shape index (κ2) is 8.53. The zero-order valence-electron chi connectivity index (χ0n) is 9.91. The molecule has 1 aliphatic rings. The van der Waals surface area contributed by atoms with Crippen molar-refractivity contribution in [3.63, 3.8) is 0 Å². The van der Waals surface area contributed by atoms with Gasteiger partial charge in [-0.1, -0.05) is 25.7 Å². The monoisotopic (exact) mass is 229 g/mol. The van der Waals surface area contributed by atoms with Crippen LogP contribution < -0.4 is 5.32 Å². The van der Waals surface area contributed by atoms with E-state index < -0.39 is 0 Å². The van der Waals surface area contributed by atoms with Crippen LogP contribution in [0.1, 0.15) is 38.5 Å². The van der Waals surface area contributed by atoms with Crippen LogP contribution in [0.25, 0.3) is 0 Å². The molecular weight excluding hydrogens is 206 g/mol. The molecule has 1 saturated carbocycles. The third kappa shape index (κ3) is 5.47. The van der Waals surface area contributed by atoms with Crippen LogP contribution in [0.15, 0.2) is 0 Å². The highest BCUT2D eigenvalue weighted by atomic mass is 16.5. The quantitative estimate of drug-likeness (QED) is 0.529. The fourth-order valence-electron chi connectivity index (χ4n) is 2.10. The third-order valence-corrected chi connectivity index (χ3v) is 3.01. The van der Waals surface area contributed by atoms with Crippen LogP contribution in [0.5, 0.6) is 0 Å². The second-order valence-corrected chi connectivity index (χ2v) is 4.32. The summed E-state index contributed by atoms with van der Waals surface area (Å²) in [5.41, 5.74) is 0. The lowest BCUT2D eigenvalue weighted by Gasteiger charge is -2.13. The van der Waals surface area contributed by atoms with E-state index in [0.717, 1.165) is 12.8 Å². The molecule has 4 nitrogen and oxygen atoms in total. The minimum absolute atomic E-state index is 0.0383. The fourth-order valence-corrected chi connectivity index (χ4v) is 2.10. The zero-order chi connectivity index (χ0) is 11.6. The van der Waals surface area contributed by atoms with Gasteiger partial charge in [-0.15, -0.1) is 0 Å². The van der Waals surface area contributed by atoms with Gasteiger partial charge < -0.3 is 15.2 Å². The maximum absolute atomic E-state index is 11.8. The number of hydrogen-bond donors (Lipinski definition) is 2. The van der Waals surface area contributed by atoms with Crippen LogP contribution in [0.4, 0.5) is 0 Å². The van der Waals surface area contributed by atoms with Crippen molar-refractivity contribution in [3.05, 3.63) is 0 Å². The van der Waals surface area contributed by atoms with Gasteiger partial charge >= 0.3 is 0 Å². The van der Waals surface area contributed by atoms with Crippen molar-refractivity contribution in [1.29, 1.82) is 0 Å². The Kier molecular flexibility index (Phi) is 7.17. The number of nitrogens with one attached hydrogen (secondary N) is 1. The SMILES string of the molecule is O=C(NCCOCCO)C1CCCCCC1. The van der Waals surface area contributed by atoms with E-state index in [9.17, 15) is 4.79 Å². The predicted octanol–water partition coefficient (Wildman–Crippen LogP) is 1.08. The summed E-state index contributed by atoms with van der Waals surface area (Å²) in [6.07, 6.45) is 6.96. The van der Waals surface area contributed by atoms with Gasteiger partial charge in [0.15, 0.2) is 0 Å². The molecular formula is C12H23NO3. The van der Waals surface area contributed by atoms with Crippen molar-refractivity contribution in [1.82, 2.24) is 5.32 Å². The molecule has 4 heteroatoms. The smallest absolute Gasteiger partial charge is 0.223 e. The minimum Gasteiger partial charge on any atom is -0.394 e. The molecule has 1 aliphatic carbocycles. The molecule has 0 heterocycles. The first-order valence-electron chi connectivity index (χ1n) is 6.31. The Hall–Kier alpha value is -0.610. The number of carbonyl (C=O) groups is 1. The van der Waals surface area contributed by atoms with E-state index in [1.165, 1.54) is 25.7 Å². The van der Waals surface area contributed by atoms with Gasteiger partial charge in [0.05, 0.1) is 19.8 Å². The Morgan fingerprint density at radius 1 is 1.19 bits per heavy atom. The highest BCUT2D eigenvalue weighted by Crippen LogP contribution is 2.22. The lowest BCUT2D eigenvalue weighted by atomic mass is 10.00. The third-order valence-electron chi connectivity index (χ3n) is 3.01. The second-order valence-electron chi connectivity index (χ2n) is 4.32. The van der Waals surface area contributed by atoms with Crippen LogP contribution in [0.2, 0.25) is 0 Å². The van der Waals surface area contributed by atoms with Gasteiger partial charge in [0, 0.05) is 12.5 Å². The van der Waals surface area contributed by atoms with Crippen molar-refractivity contribution in [2.75, 3.05) is 26.4 Å². The van der Waals surface area contributed by atoms with Gasteiger partial charge in [-0.2, -0.15) is 0 Å². The Labute approximate surface area is 97.4 Å². The molecule has 0 spiro atoms. The molecule has 0 bridgehead atoms. The first-order chi connectivity index (χ1) is 7.84. The summed E-state index contributed by atoms with van der Waals surface area (Å²) in [6, 6.07) is 0. The normalized spacial score (nSPS) is 18.1. The standard InChI is InChI=1S/C12H23NO3/c14-8-10-16-9-7-13-12(15)11-5-3-1-2-4-6-11/h11,14H,1-10H2,(H,13,15). The van der Waals surface area contributed by atoms with E-state index in [2.05, 4.69) is 5.32 Å². The number of ether oxygens (including phenoxy) is 1. The Bertz CT molecular complexity index is 189. The number of carbonyl (C=O) groups excluding carboxylic acids is 1. The van der Waals surface area contributed by atoms with Gasteiger partial charge in [-0.3, -0.25) is 4.79 Å². The highest BCUT2D eigenvalue weighted by molar-refractivity contribution is 5.78. The number of aliphatic hydroxyl groups excluding tert-OH is 1. The summed E-state index contributed by atoms with van der Waals surface area (Å²) in [5, 5.41) is 11.4. The lowest BCUT2D eigenvalue weighted by molar-refractivity contribution is -0.125. The van der Waals surface area contributed by atoms with E-state index in [1.54, 1.807) is 0 Å². The zero-order valence-corrected chi connectivity index (χ0v) is 9.91. The maximum atomic E-state index is 11.8. The summed E-state index contributed by atoms with van der Waals surface area (Å²) >= 11 is 0. The number of rotatable bonds is 6. The molecule has 0 saturated heterocycles. The van der Waals surface area contributed by atoms with Crippen molar-refractivity contribution >= 4 is 5.91 Å². The summed E-state index contributed by atoms with van der Waals surface area (Å²) in [5.74, 6) is 0.384. The molecule has 1 rings (SSSR count). The van der Waals surface area contributed by atoms with Crippen molar-refractivity contribution in [2.24, 2.45) is 5.92 Å². The molecule has 0 unspecified atom stereocenters. The van der Waals surface area contributed by atoms with E-state index in [4.69, 9.17) is 9.84 Å². The highest BCUT2D eigenvalue weighted by Gasteiger charge is 2.19. The van der Waals surface area contributed by atoms with Gasteiger partial charge in [0.25, 0.3) is 0 Å². The van der Waals surface area contributed by atoms with Crippen molar-refractivity contribution in [3.8, 4) is 0 Å². The van der Waals surface area contributed by atoms with Gasteiger partial charge in [-0.25, -0.2) is 0 Å². The van der Waals surface area contributed by atoms with Crippen LogP contribution in [-0.4, -0.2) is 37.4 Å². The molecule has 0 aromatic rings. The van der Waals surface area contributed by atoms with E-state index in [1.807, 2.05) is 0 Å². The van der Waals surface area contributed by atoms with Crippen molar-refractivity contribution < 1.29 is 14.6 Å². The van der Waals surface area contributed by atoms with E-state index >= 15 is 0 Å². The molecule has 1 fully saturated rings. The average molecular weight is 229 g/mol. The summed E-state index contributed by atoms with van der Waals surface area (Å²) in [6.45, 7) is 1.42.